The molecule has 3 rings (SSSR count). The Balaban J connectivity index is 1.60. The molecular formula is C16H20Cl2N2O3. The van der Waals surface area contributed by atoms with Crippen molar-refractivity contribution in [3.8, 4) is 0 Å². The second-order valence-corrected chi connectivity index (χ2v) is 6.63. The van der Waals surface area contributed by atoms with Gasteiger partial charge in [0.2, 0.25) is 0 Å². The minimum Gasteiger partial charge on any atom is -0.381 e. The summed E-state index contributed by atoms with van der Waals surface area (Å²) in [6.07, 6.45) is 1.55. The van der Waals surface area contributed by atoms with Gasteiger partial charge in [-0.3, -0.25) is 0 Å². The molecule has 0 aromatic heterocycles. The first kappa shape index (κ1) is 16.8. The van der Waals surface area contributed by atoms with Crippen molar-refractivity contribution in [3.05, 3.63) is 33.8 Å². The lowest BCUT2D eigenvalue weighted by molar-refractivity contribution is -0.0165. The van der Waals surface area contributed by atoms with Gasteiger partial charge in [0.1, 0.15) is 6.10 Å². The Bertz CT molecular complexity index is 564. The Labute approximate surface area is 145 Å². The van der Waals surface area contributed by atoms with Crippen molar-refractivity contribution in [2.45, 2.75) is 25.0 Å². The summed E-state index contributed by atoms with van der Waals surface area (Å²) in [4.78, 5) is 14.2. The van der Waals surface area contributed by atoms with Crippen LogP contribution in [0.15, 0.2) is 18.2 Å². The summed E-state index contributed by atoms with van der Waals surface area (Å²) in [7, 11) is 0. The van der Waals surface area contributed by atoms with E-state index >= 15 is 0 Å². The number of nitrogens with one attached hydrogen (secondary N) is 1. The van der Waals surface area contributed by atoms with Gasteiger partial charge in [-0.15, -0.1) is 0 Å². The second-order valence-electron chi connectivity index (χ2n) is 5.82. The number of amides is 2. The van der Waals surface area contributed by atoms with Crippen LogP contribution in [0.4, 0.5) is 4.79 Å². The molecule has 1 unspecified atom stereocenters. The highest BCUT2D eigenvalue weighted by Crippen LogP contribution is 2.29. The third-order valence-electron chi connectivity index (χ3n) is 4.22. The zero-order valence-electron chi connectivity index (χ0n) is 12.8. The minimum atomic E-state index is -0.182. The molecule has 23 heavy (non-hydrogen) atoms. The van der Waals surface area contributed by atoms with Gasteiger partial charge in [-0.05, 0) is 30.5 Å². The number of halogens is 2. The quantitative estimate of drug-likeness (QED) is 0.882. The lowest BCUT2D eigenvalue weighted by Gasteiger charge is -2.35. The number of urea groups is 1. The van der Waals surface area contributed by atoms with Gasteiger partial charge in [0.05, 0.1) is 23.2 Å². The maximum absolute atomic E-state index is 12.4. The van der Waals surface area contributed by atoms with E-state index in [-0.39, 0.29) is 18.2 Å². The Kier molecular flexibility index (Phi) is 5.64. The molecule has 2 saturated heterocycles. The maximum Gasteiger partial charge on any atom is 0.317 e. The average molecular weight is 359 g/mol. The summed E-state index contributed by atoms with van der Waals surface area (Å²) in [5.74, 6) is 0. The van der Waals surface area contributed by atoms with E-state index in [1.807, 2.05) is 6.07 Å². The van der Waals surface area contributed by atoms with Gasteiger partial charge in [0.15, 0.2) is 0 Å². The SMILES string of the molecule is O=C(NC1CCOCC1)N1CCOC(c2ccc(Cl)c(Cl)c2)C1. The number of hydrogen-bond donors (Lipinski definition) is 1. The monoisotopic (exact) mass is 358 g/mol. The maximum atomic E-state index is 12.4. The Hall–Kier alpha value is -1.01. The predicted molar refractivity (Wildman–Crippen MR) is 89.1 cm³/mol. The molecule has 2 heterocycles. The highest BCUT2D eigenvalue weighted by atomic mass is 35.5. The molecule has 0 aliphatic carbocycles. The van der Waals surface area contributed by atoms with Crippen molar-refractivity contribution in [1.29, 1.82) is 0 Å². The molecule has 2 aliphatic heterocycles. The first-order chi connectivity index (χ1) is 11.1. The Morgan fingerprint density at radius 3 is 2.70 bits per heavy atom. The summed E-state index contributed by atoms with van der Waals surface area (Å²) in [6.45, 7) is 3.02. The van der Waals surface area contributed by atoms with E-state index in [2.05, 4.69) is 5.32 Å². The molecule has 0 spiro atoms. The molecule has 126 valence electrons. The van der Waals surface area contributed by atoms with Crippen molar-refractivity contribution < 1.29 is 14.3 Å². The van der Waals surface area contributed by atoms with E-state index in [4.69, 9.17) is 32.7 Å². The van der Waals surface area contributed by atoms with Crippen LogP contribution >= 0.6 is 23.2 Å². The van der Waals surface area contributed by atoms with Gasteiger partial charge in [-0.1, -0.05) is 29.3 Å². The number of rotatable bonds is 2. The van der Waals surface area contributed by atoms with E-state index in [0.717, 1.165) is 18.4 Å². The summed E-state index contributed by atoms with van der Waals surface area (Å²) in [5, 5.41) is 4.10. The Morgan fingerprint density at radius 2 is 1.96 bits per heavy atom. The highest BCUT2D eigenvalue weighted by Gasteiger charge is 2.27. The first-order valence-electron chi connectivity index (χ1n) is 7.83. The van der Waals surface area contributed by atoms with Crippen molar-refractivity contribution in [3.63, 3.8) is 0 Å². The van der Waals surface area contributed by atoms with Crippen LogP contribution in [0.3, 0.4) is 0 Å². The average Bonchev–Trinajstić information content (AvgIpc) is 2.58. The lowest BCUT2D eigenvalue weighted by atomic mass is 10.1. The number of ether oxygens (including phenoxy) is 2. The van der Waals surface area contributed by atoms with E-state index < -0.39 is 0 Å². The zero-order valence-corrected chi connectivity index (χ0v) is 14.3. The molecule has 5 nitrogen and oxygen atoms in total. The molecular weight excluding hydrogens is 339 g/mol. The third kappa shape index (κ3) is 4.29. The molecule has 2 amide bonds. The van der Waals surface area contributed by atoms with Crippen LogP contribution in [0.5, 0.6) is 0 Å². The standard InChI is InChI=1S/C16H20Cl2N2O3/c17-13-2-1-11(9-14(13)18)15-10-20(5-8-23-15)16(21)19-12-3-6-22-7-4-12/h1-2,9,12,15H,3-8,10H2,(H,19,21). The summed E-state index contributed by atoms with van der Waals surface area (Å²) >= 11 is 12.0. The van der Waals surface area contributed by atoms with Gasteiger partial charge in [0, 0.05) is 25.8 Å². The molecule has 1 aromatic carbocycles. The number of nitrogens with zero attached hydrogens (tertiary/aromatic N) is 1. The number of carbonyl (C=O) groups is 1. The van der Waals surface area contributed by atoms with Gasteiger partial charge >= 0.3 is 6.03 Å². The molecule has 0 bridgehead atoms. The summed E-state index contributed by atoms with van der Waals surface area (Å²) in [5.41, 5.74) is 0.933. The van der Waals surface area contributed by atoms with E-state index in [1.54, 1.807) is 17.0 Å². The normalized spacial score (nSPS) is 22.9. The molecule has 0 radical (unpaired) electrons. The number of morpholine rings is 1. The zero-order chi connectivity index (χ0) is 16.2. The van der Waals surface area contributed by atoms with Gasteiger partial charge in [-0.2, -0.15) is 0 Å². The van der Waals surface area contributed by atoms with Gasteiger partial charge < -0.3 is 19.7 Å². The molecule has 1 N–H and O–H groups in total. The van der Waals surface area contributed by atoms with Crippen LogP contribution in [0.2, 0.25) is 10.0 Å². The molecule has 0 saturated carbocycles. The fourth-order valence-electron chi connectivity index (χ4n) is 2.86. The molecule has 1 aromatic rings. The van der Waals surface area contributed by atoms with Crippen molar-refractivity contribution in [2.75, 3.05) is 32.9 Å². The van der Waals surface area contributed by atoms with Crippen LogP contribution in [-0.2, 0) is 9.47 Å². The molecule has 1 atom stereocenters. The first-order valence-corrected chi connectivity index (χ1v) is 8.59. The summed E-state index contributed by atoms with van der Waals surface area (Å²) in [6, 6.07) is 5.60. The van der Waals surface area contributed by atoms with Crippen molar-refractivity contribution in [1.82, 2.24) is 10.2 Å². The van der Waals surface area contributed by atoms with Crippen molar-refractivity contribution >= 4 is 29.2 Å². The number of hydrogen-bond acceptors (Lipinski definition) is 3. The second kappa shape index (κ2) is 7.71. The molecule has 2 fully saturated rings. The largest absolute Gasteiger partial charge is 0.381 e. The fourth-order valence-corrected chi connectivity index (χ4v) is 3.16. The summed E-state index contributed by atoms with van der Waals surface area (Å²) < 4.78 is 11.1. The van der Waals surface area contributed by atoms with Crippen LogP contribution in [0.25, 0.3) is 0 Å². The van der Waals surface area contributed by atoms with Crippen LogP contribution in [-0.4, -0.2) is 49.9 Å². The van der Waals surface area contributed by atoms with Gasteiger partial charge in [0.25, 0.3) is 0 Å². The predicted octanol–water partition coefficient (Wildman–Crippen LogP) is 3.26. The van der Waals surface area contributed by atoms with Crippen LogP contribution in [0.1, 0.15) is 24.5 Å². The molecule has 7 heteroatoms. The highest BCUT2D eigenvalue weighted by molar-refractivity contribution is 6.42. The van der Waals surface area contributed by atoms with Crippen LogP contribution in [0, 0.1) is 0 Å². The van der Waals surface area contributed by atoms with Crippen LogP contribution < -0.4 is 5.32 Å². The topological polar surface area (TPSA) is 50.8 Å². The Morgan fingerprint density at radius 1 is 1.17 bits per heavy atom. The third-order valence-corrected chi connectivity index (χ3v) is 4.96. The number of benzene rings is 1. The van der Waals surface area contributed by atoms with Gasteiger partial charge in [-0.25, -0.2) is 4.79 Å². The minimum absolute atomic E-state index is 0.0368. The smallest absolute Gasteiger partial charge is 0.317 e. The lowest BCUT2D eigenvalue weighted by Crippen LogP contribution is -2.50. The fraction of sp³-hybridized carbons (Fsp3) is 0.562. The van der Waals surface area contributed by atoms with E-state index in [9.17, 15) is 4.79 Å². The van der Waals surface area contributed by atoms with Crippen molar-refractivity contribution in [2.24, 2.45) is 0 Å². The number of carbonyl (C=O) groups excluding carboxylic acids is 1. The van der Waals surface area contributed by atoms with E-state index in [0.29, 0.717) is 43.0 Å². The van der Waals surface area contributed by atoms with E-state index in [1.165, 1.54) is 0 Å². The molecule has 2 aliphatic rings.